The summed E-state index contributed by atoms with van der Waals surface area (Å²) in [6.07, 6.45) is 3.06. The maximum absolute atomic E-state index is 13.0. The highest BCUT2D eigenvalue weighted by atomic mass is 35.5. The van der Waals surface area contributed by atoms with Gasteiger partial charge in [-0.05, 0) is 43.2 Å². The molecule has 10 heteroatoms. The Balaban J connectivity index is 1.33. The second-order valence-corrected chi connectivity index (χ2v) is 9.18. The number of carbonyl (C=O) groups is 1. The highest BCUT2D eigenvalue weighted by molar-refractivity contribution is 6.42. The second kappa shape index (κ2) is 9.64. The Kier molecular flexibility index (Phi) is 6.40. The summed E-state index contributed by atoms with van der Waals surface area (Å²) in [7, 11) is 1.57. The predicted molar refractivity (Wildman–Crippen MR) is 138 cm³/mol. The Hall–Kier alpha value is -3.49. The Labute approximate surface area is 211 Å². The summed E-state index contributed by atoms with van der Waals surface area (Å²) in [6.45, 7) is 1.05. The molecule has 5 rings (SSSR count). The molecule has 0 saturated carbocycles. The summed E-state index contributed by atoms with van der Waals surface area (Å²) in [5, 5.41) is 3.67. The first kappa shape index (κ1) is 23.3. The normalized spacial score (nSPS) is 14.3. The largest absolute Gasteiger partial charge is 0.481 e. The summed E-state index contributed by atoms with van der Waals surface area (Å²) in [4.78, 5) is 34.8. The van der Waals surface area contributed by atoms with Gasteiger partial charge in [0.05, 0.1) is 28.2 Å². The van der Waals surface area contributed by atoms with Crippen LogP contribution in [0.5, 0.6) is 5.88 Å². The Morgan fingerprint density at radius 1 is 1.11 bits per heavy atom. The van der Waals surface area contributed by atoms with Crippen LogP contribution in [0.15, 0.2) is 59.5 Å². The minimum absolute atomic E-state index is 0.0190. The van der Waals surface area contributed by atoms with E-state index in [1.54, 1.807) is 42.5 Å². The molecule has 1 aliphatic rings. The number of para-hydroxylation sites is 1. The molecule has 2 amide bonds. The number of hydrogen-bond donors (Lipinski definition) is 2. The van der Waals surface area contributed by atoms with Gasteiger partial charge in [-0.3, -0.25) is 4.57 Å². The van der Waals surface area contributed by atoms with E-state index in [2.05, 4.69) is 15.3 Å². The van der Waals surface area contributed by atoms with E-state index in [9.17, 15) is 9.59 Å². The zero-order valence-corrected chi connectivity index (χ0v) is 20.4. The lowest BCUT2D eigenvalue weighted by atomic mass is 10.0. The van der Waals surface area contributed by atoms with Gasteiger partial charge in [0.25, 0.3) is 0 Å². The number of nitrogens with one attached hydrogen (secondary N) is 2. The van der Waals surface area contributed by atoms with E-state index in [1.807, 2.05) is 28.8 Å². The summed E-state index contributed by atoms with van der Waals surface area (Å²) >= 11 is 12.0. The van der Waals surface area contributed by atoms with Crippen molar-refractivity contribution < 1.29 is 9.53 Å². The molecule has 3 heterocycles. The van der Waals surface area contributed by atoms with Crippen molar-refractivity contribution >= 4 is 46.0 Å². The van der Waals surface area contributed by atoms with Crippen LogP contribution in [0, 0.1) is 0 Å². The first-order valence-electron chi connectivity index (χ1n) is 11.2. The van der Waals surface area contributed by atoms with E-state index < -0.39 is 0 Å². The number of aromatic nitrogens is 3. The number of nitrogens with zero attached hydrogens (tertiary/aromatic N) is 3. The van der Waals surface area contributed by atoms with Crippen LogP contribution in [0.25, 0.3) is 22.2 Å². The van der Waals surface area contributed by atoms with Crippen molar-refractivity contribution in [2.75, 3.05) is 25.5 Å². The number of halogens is 2. The van der Waals surface area contributed by atoms with Crippen LogP contribution in [-0.4, -0.2) is 45.7 Å². The number of ether oxygens (including phenoxy) is 1. The zero-order chi connectivity index (χ0) is 24.5. The molecular weight excluding hydrogens is 489 g/mol. The smallest absolute Gasteiger partial charge is 0.326 e. The third-order valence-corrected chi connectivity index (χ3v) is 7.04. The van der Waals surface area contributed by atoms with Crippen LogP contribution in [0.3, 0.4) is 0 Å². The van der Waals surface area contributed by atoms with Crippen molar-refractivity contribution in [3.63, 3.8) is 0 Å². The quantitative estimate of drug-likeness (QED) is 0.374. The van der Waals surface area contributed by atoms with E-state index in [4.69, 9.17) is 27.9 Å². The number of methoxy groups -OCH3 is 1. The molecule has 4 aromatic rings. The van der Waals surface area contributed by atoms with Gasteiger partial charge in [0.1, 0.15) is 0 Å². The molecule has 1 fully saturated rings. The highest BCUT2D eigenvalue weighted by Crippen LogP contribution is 2.31. The average Bonchev–Trinajstić information content (AvgIpc) is 3.22. The number of rotatable bonds is 4. The van der Waals surface area contributed by atoms with Crippen LogP contribution < -0.4 is 15.7 Å². The number of anilines is 1. The summed E-state index contributed by atoms with van der Waals surface area (Å²) in [5.74, 6) is 0.530. The van der Waals surface area contributed by atoms with Crippen LogP contribution in [0.2, 0.25) is 10.0 Å². The number of benzene rings is 2. The second-order valence-electron chi connectivity index (χ2n) is 8.37. The highest BCUT2D eigenvalue weighted by Gasteiger charge is 2.26. The van der Waals surface area contributed by atoms with Gasteiger partial charge in [-0.25, -0.2) is 14.6 Å². The molecular formula is C25H23Cl2N5O3. The average molecular weight is 512 g/mol. The topological polar surface area (TPSA) is 92.3 Å². The van der Waals surface area contributed by atoms with Gasteiger partial charge < -0.3 is 19.9 Å². The summed E-state index contributed by atoms with van der Waals surface area (Å²) in [6, 6.07) is 14.3. The standard InChI is InChI=1S/C25H23Cl2N5O3/c1-35-22-8-5-15(14-28-22)18-3-2-4-21-23(18)30-25(34)32(21)17-9-11-31(12-10-17)24(33)29-16-6-7-19(26)20(27)13-16/h2-8,13-14,17H,9-12H2,1H3,(H,29,33)(H,30,34). The van der Waals surface area contributed by atoms with E-state index in [0.29, 0.717) is 47.5 Å². The lowest BCUT2D eigenvalue weighted by molar-refractivity contribution is 0.184. The fourth-order valence-electron chi connectivity index (χ4n) is 4.52. The molecule has 0 spiro atoms. The SMILES string of the molecule is COc1ccc(-c2cccc3c2[nH]c(=O)n3C2CCN(C(=O)Nc3ccc(Cl)c(Cl)c3)CC2)cn1. The van der Waals surface area contributed by atoms with E-state index in [1.165, 1.54) is 0 Å². The number of piperidine rings is 1. The Morgan fingerprint density at radius 2 is 1.91 bits per heavy atom. The molecule has 0 radical (unpaired) electrons. The van der Waals surface area contributed by atoms with Crippen molar-refractivity contribution in [2.45, 2.75) is 18.9 Å². The molecule has 35 heavy (non-hydrogen) atoms. The van der Waals surface area contributed by atoms with Crippen molar-refractivity contribution in [2.24, 2.45) is 0 Å². The van der Waals surface area contributed by atoms with Crippen LogP contribution in [0.1, 0.15) is 18.9 Å². The van der Waals surface area contributed by atoms with Crippen LogP contribution in [0.4, 0.5) is 10.5 Å². The number of hydrogen-bond acceptors (Lipinski definition) is 4. The monoisotopic (exact) mass is 511 g/mol. The molecule has 8 nitrogen and oxygen atoms in total. The van der Waals surface area contributed by atoms with Gasteiger partial charge in [0.15, 0.2) is 0 Å². The maximum atomic E-state index is 13.0. The van der Waals surface area contributed by atoms with Crippen LogP contribution >= 0.6 is 23.2 Å². The van der Waals surface area contributed by atoms with E-state index in [0.717, 1.165) is 22.2 Å². The molecule has 2 aromatic heterocycles. The minimum atomic E-state index is -0.206. The minimum Gasteiger partial charge on any atom is -0.481 e. The number of likely N-dealkylation sites (tertiary alicyclic amines) is 1. The molecule has 2 N–H and O–H groups in total. The lowest BCUT2D eigenvalue weighted by Gasteiger charge is -2.32. The number of aromatic amines is 1. The number of urea groups is 1. The van der Waals surface area contributed by atoms with Gasteiger partial charge in [0.2, 0.25) is 5.88 Å². The lowest BCUT2D eigenvalue weighted by Crippen LogP contribution is -2.42. The maximum Gasteiger partial charge on any atom is 0.326 e. The van der Waals surface area contributed by atoms with E-state index in [-0.39, 0.29) is 17.8 Å². The molecule has 0 bridgehead atoms. The number of fused-ring (bicyclic) bond motifs is 1. The first-order chi connectivity index (χ1) is 16.9. The van der Waals surface area contributed by atoms with Crippen molar-refractivity contribution in [1.82, 2.24) is 19.4 Å². The number of carbonyl (C=O) groups excluding carboxylic acids is 1. The van der Waals surface area contributed by atoms with Crippen LogP contribution in [-0.2, 0) is 0 Å². The van der Waals surface area contributed by atoms with Gasteiger partial charge in [-0.15, -0.1) is 0 Å². The van der Waals surface area contributed by atoms with Gasteiger partial charge in [-0.1, -0.05) is 35.3 Å². The molecule has 1 saturated heterocycles. The fourth-order valence-corrected chi connectivity index (χ4v) is 4.81. The fraction of sp³-hybridized carbons (Fsp3) is 0.240. The molecule has 0 aliphatic carbocycles. The number of pyridine rings is 1. The van der Waals surface area contributed by atoms with Gasteiger partial charge in [-0.2, -0.15) is 0 Å². The molecule has 0 atom stereocenters. The zero-order valence-electron chi connectivity index (χ0n) is 18.9. The number of amides is 2. The Morgan fingerprint density at radius 3 is 2.60 bits per heavy atom. The molecule has 180 valence electrons. The van der Waals surface area contributed by atoms with Gasteiger partial charge in [0, 0.05) is 48.2 Å². The number of imidazole rings is 1. The van der Waals surface area contributed by atoms with Crippen molar-refractivity contribution in [3.8, 4) is 17.0 Å². The molecule has 2 aromatic carbocycles. The molecule has 1 aliphatic heterocycles. The molecule has 0 unspecified atom stereocenters. The van der Waals surface area contributed by atoms with Gasteiger partial charge >= 0.3 is 11.7 Å². The van der Waals surface area contributed by atoms with Crippen molar-refractivity contribution in [1.29, 1.82) is 0 Å². The first-order valence-corrected chi connectivity index (χ1v) is 11.9. The summed E-state index contributed by atoms with van der Waals surface area (Å²) < 4.78 is 6.96. The number of H-pyrrole nitrogens is 1. The predicted octanol–water partition coefficient (Wildman–Crippen LogP) is 5.58. The third kappa shape index (κ3) is 4.59. The Bertz CT molecular complexity index is 1440. The third-order valence-electron chi connectivity index (χ3n) is 6.30. The summed E-state index contributed by atoms with van der Waals surface area (Å²) in [5.41, 5.74) is 3.81. The van der Waals surface area contributed by atoms with Crippen molar-refractivity contribution in [3.05, 3.63) is 75.3 Å². The van der Waals surface area contributed by atoms with E-state index >= 15 is 0 Å².